The summed E-state index contributed by atoms with van der Waals surface area (Å²) in [6, 6.07) is 12.8. The minimum absolute atomic E-state index is 0.0724. The summed E-state index contributed by atoms with van der Waals surface area (Å²) in [5.41, 5.74) is 1.70. The highest BCUT2D eigenvalue weighted by atomic mass is 35.5. The monoisotopic (exact) mass is 484 g/mol. The van der Waals surface area contributed by atoms with Crippen LogP contribution in [0.15, 0.2) is 54.6 Å². The van der Waals surface area contributed by atoms with Crippen molar-refractivity contribution in [3.8, 4) is 0 Å². The van der Waals surface area contributed by atoms with E-state index in [2.05, 4.69) is 0 Å². The van der Waals surface area contributed by atoms with Crippen molar-refractivity contribution in [2.75, 3.05) is 4.90 Å². The number of carbonyl (C=O) groups excluding carboxylic acids is 3. The molecule has 0 aliphatic carbocycles. The van der Waals surface area contributed by atoms with Crippen LogP contribution in [0, 0.1) is 17.0 Å². The third-order valence-corrected chi connectivity index (χ3v) is 5.85. The molecular weight excluding hydrogens is 471 g/mol. The second-order valence-corrected chi connectivity index (χ2v) is 8.07. The molecule has 3 aromatic carbocycles. The molecule has 0 N–H and O–H groups in total. The van der Waals surface area contributed by atoms with Crippen molar-refractivity contribution in [2.24, 2.45) is 0 Å². The van der Waals surface area contributed by atoms with E-state index in [0.717, 1.165) is 4.90 Å². The number of fused-ring (bicyclic) bond motifs is 1. The SMILES string of the molecule is Cc1ccc(C(=O)OCc2ccc([N+](=O)[O-])cc2)cc1N1C(=O)c2cc(Cl)c(Cl)cc2C1=O. The van der Waals surface area contributed by atoms with Crippen LogP contribution < -0.4 is 4.90 Å². The first-order valence-electron chi connectivity index (χ1n) is 9.56. The van der Waals surface area contributed by atoms with E-state index in [1.165, 1.54) is 48.5 Å². The summed E-state index contributed by atoms with van der Waals surface area (Å²) in [7, 11) is 0. The Morgan fingerprint density at radius 1 is 0.970 bits per heavy atom. The minimum atomic E-state index is -0.683. The number of nitro groups is 1. The molecule has 3 aromatic rings. The molecule has 0 fully saturated rings. The summed E-state index contributed by atoms with van der Waals surface area (Å²) < 4.78 is 5.29. The summed E-state index contributed by atoms with van der Waals surface area (Å²) in [5.74, 6) is -1.83. The normalized spacial score (nSPS) is 12.6. The number of esters is 1. The van der Waals surface area contributed by atoms with E-state index in [9.17, 15) is 24.5 Å². The Bertz CT molecular complexity index is 1300. The zero-order valence-electron chi connectivity index (χ0n) is 17.0. The van der Waals surface area contributed by atoms with E-state index < -0.39 is 22.7 Å². The van der Waals surface area contributed by atoms with Gasteiger partial charge in [-0.2, -0.15) is 0 Å². The van der Waals surface area contributed by atoms with Gasteiger partial charge in [-0.25, -0.2) is 9.69 Å². The van der Waals surface area contributed by atoms with Gasteiger partial charge in [0.15, 0.2) is 0 Å². The maximum absolute atomic E-state index is 12.9. The molecule has 0 unspecified atom stereocenters. The lowest BCUT2D eigenvalue weighted by molar-refractivity contribution is -0.384. The molecule has 0 aromatic heterocycles. The number of nitro benzene ring substituents is 1. The number of ether oxygens (including phenoxy) is 1. The molecule has 1 heterocycles. The molecule has 33 heavy (non-hydrogen) atoms. The summed E-state index contributed by atoms with van der Waals surface area (Å²) in [6.07, 6.45) is 0. The first-order chi connectivity index (χ1) is 15.7. The Labute approximate surface area is 197 Å². The Balaban J connectivity index is 1.57. The van der Waals surface area contributed by atoms with Crippen molar-refractivity contribution in [3.05, 3.63) is 103 Å². The van der Waals surface area contributed by atoms with Crippen molar-refractivity contribution >= 4 is 52.4 Å². The highest BCUT2D eigenvalue weighted by Gasteiger charge is 2.38. The fourth-order valence-corrected chi connectivity index (χ4v) is 3.70. The van der Waals surface area contributed by atoms with Gasteiger partial charge in [0.25, 0.3) is 17.5 Å². The lowest BCUT2D eigenvalue weighted by Gasteiger charge is -2.17. The second kappa shape index (κ2) is 8.65. The quantitative estimate of drug-likeness (QED) is 0.208. The van der Waals surface area contributed by atoms with Crippen molar-refractivity contribution in [2.45, 2.75) is 13.5 Å². The molecule has 1 aliphatic rings. The number of anilines is 1. The van der Waals surface area contributed by atoms with Crippen molar-refractivity contribution in [3.63, 3.8) is 0 Å². The summed E-state index contributed by atoms with van der Waals surface area (Å²) in [4.78, 5) is 49.6. The largest absolute Gasteiger partial charge is 0.457 e. The lowest BCUT2D eigenvalue weighted by atomic mass is 10.1. The number of amides is 2. The van der Waals surface area contributed by atoms with Crippen LogP contribution in [-0.4, -0.2) is 22.7 Å². The van der Waals surface area contributed by atoms with Gasteiger partial charge in [0.2, 0.25) is 0 Å². The lowest BCUT2D eigenvalue weighted by Crippen LogP contribution is -2.30. The van der Waals surface area contributed by atoms with E-state index in [0.29, 0.717) is 11.1 Å². The van der Waals surface area contributed by atoms with Gasteiger partial charge in [-0.05, 0) is 54.4 Å². The maximum Gasteiger partial charge on any atom is 0.338 e. The molecular formula is C23H14Cl2N2O6. The molecule has 0 saturated carbocycles. The number of aryl methyl sites for hydroxylation is 1. The number of imide groups is 1. The smallest absolute Gasteiger partial charge is 0.338 e. The number of rotatable bonds is 5. The fourth-order valence-electron chi connectivity index (χ4n) is 3.38. The summed E-state index contributed by atoms with van der Waals surface area (Å²) in [6.45, 7) is 1.59. The molecule has 0 spiro atoms. The van der Waals surface area contributed by atoms with Gasteiger partial charge in [0, 0.05) is 12.1 Å². The molecule has 0 atom stereocenters. The van der Waals surface area contributed by atoms with Gasteiger partial charge in [-0.15, -0.1) is 0 Å². The Hall–Kier alpha value is -3.75. The number of non-ortho nitro benzene ring substituents is 1. The average molecular weight is 485 g/mol. The van der Waals surface area contributed by atoms with Crippen LogP contribution in [0.5, 0.6) is 0 Å². The summed E-state index contributed by atoms with van der Waals surface area (Å²) >= 11 is 12.0. The van der Waals surface area contributed by atoms with E-state index in [4.69, 9.17) is 27.9 Å². The minimum Gasteiger partial charge on any atom is -0.457 e. The number of hydrogen-bond acceptors (Lipinski definition) is 6. The molecule has 166 valence electrons. The third kappa shape index (κ3) is 4.18. The fraction of sp³-hybridized carbons (Fsp3) is 0.0870. The van der Waals surface area contributed by atoms with Crippen LogP contribution in [-0.2, 0) is 11.3 Å². The predicted octanol–water partition coefficient (Wildman–Crippen LogP) is 5.37. The van der Waals surface area contributed by atoms with Crippen LogP contribution in [0.25, 0.3) is 0 Å². The third-order valence-electron chi connectivity index (χ3n) is 5.13. The molecule has 8 nitrogen and oxygen atoms in total. The molecule has 0 saturated heterocycles. The van der Waals surface area contributed by atoms with E-state index in [-0.39, 0.29) is 44.7 Å². The Morgan fingerprint density at radius 2 is 1.55 bits per heavy atom. The number of halogens is 2. The van der Waals surface area contributed by atoms with Gasteiger partial charge in [-0.3, -0.25) is 19.7 Å². The van der Waals surface area contributed by atoms with Crippen LogP contribution in [0.4, 0.5) is 11.4 Å². The van der Waals surface area contributed by atoms with Crippen LogP contribution in [0.1, 0.15) is 42.2 Å². The zero-order valence-corrected chi connectivity index (χ0v) is 18.5. The molecule has 0 bridgehead atoms. The van der Waals surface area contributed by atoms with Gasteiger partial charge in [0.1, 0.15) is 6.61 Å². The van der Waals surface area contributed by atoms with Crippen molar-refractivity contribution in [1.82, 2.24) is 0 Å². The van der Waals surface area contributed by atoms with E-state index in [1.807, 2.05) is 0 Å². The number of nitrogens with zero attached hydrogens (tertiary/aromatic N) is 2. The zero-order chi connectivity index (χ0) is 23.9. The van der Waals surface area contributed by atoms with Gasteiger partial charge >= 0.3 is 5.97 Å². The van der Waals surface area contributed by atoms with Crippen LogP contribution >= 0.6 is 23.2 Å². The van der Waals surface area contributed by atoms with Gasteiger partial charge in [-0.1, -0.05) is 29.3 Å². The van der Waals surface area contributed by atoms with Gasteiger partial charge < -0.3 is 4.74 Å². The molecule has 0 radical (unpaired) electrons. The Kier molecular flexibility index (Phi) is 5.88. The average Bonchev–Trinajstić information content (AvgIpc) is 3.02. The van der Waals surface area contributed by atoms with Crippen LogP contribution in [0.2, 0.25) is 10.0 Å². The predicted molar refractivity (Wildman–Crippen MR) is 121 cm³/mol. The van der Waals surface area contributed by atoms with Gasteiger partial charge in [0.05, 0.1) is 37.3 Å². The molecule has 10 heteroatoms. The van der Waals surface area contributed by atoms with Crippen molar-refractivity contribution in [1.29, 1.82) is 0 Å². The first-order valence-corrected chi connectivity index (χ1v) is 10.3. The van der Waals surface area contributed by atoms with E-state index in [1.54, 1.807) is 13.0 Å². The van der Waals surface area contributed by atoms with Crippen LogP contribution in [0.3, 0.4) is 0 Å². The second-order valence-electron chi connectivity index (χ2n) is 7.26. The molecule has 4 rings (SSSR count). The summed E-state index contributed by atoms with van der Waals surface area (Å²) in [5, 5.41) is 11.0. The Morgan fingerprint density at radius 3 is 2.09 bits per heavy atom. The van der Waals surface area contributed by atoms with Crippen molar-refractivity contribution < 1.29 is 24.0 Å². The molecule has 1 aliphatic heterocycles. The number of benzene rings is 3. The standard InChI is InChI=1S/C23H14Cl2N2O6/c1-12-2-5-14(23(30)33-11-13-3-6-15(7-4-13)27(31)32)8-20(12)26-21(28)16-9-18(24)19(25)10-17(16)22(26)29/h2-10H,11H2,1H3. The highest BCUT2D eigenvalue weighted by molar-refractivity contribution is 6.44. The topological polar surface area (TPSA) is 107 Å². The highest BCUT2D eigenvalue weighted by Crippen LogP contribution is 2.35. The molecule has 2 amide bonds. The maximum atomic E-state index is 12.9. The number of hydrogen-bond donors (Lipinski definition) is 0. The number of carbonyl (C=O) groups is 3. The first kappa shape index (κ1) is 22.4. The van der Waals surface area contributed by atoms with E-state index >= 15 is 0 Å².